The van der Waals surface area contributed by atoms with Crippen molar-refractivity contribution in [1.82, 2.24) is 15.1 Å². The average molecular weight is 280 g/mol. The Kier molecular flexibility index (Phi) is 3.42. The van der Waals surface area contributed by atoms with Gasteiger partial charge in [-0.05, 0) is 6.92 Å². The molecule has 0 radical (unpaired) electrons. The molecule has 6 heteroatoms. The molecule has 6 nitrogen and oxygen atoms in total. The Balaban J connectivity index is 1.93. The highest BCUT2D eigenvalue weighted by atomic mass is 16.5. The minimum atomic E-state index is -0.355. The quantitative estimate of drug-likeness (QED) is 0.797. The molecule has 104 valence electrons. The molecular weight excluding hydrogens is 268 g/mol. The Morgan fingerprint density at radius 3 is 2.71 bits per heavy atom. The van der Waals surface area contributed by atoms with Crippen molar-refractivity contribution in [2.45, 2.75) is 6.92 Å². The number of rotatable bonds is 3. The van der Waals surface area contributed by atoms with Gasteiger partial charge in [-0.15, -0.1) is 0 Å². The maximum absolute atomic E-state index is 12.2. The van der Waals surface area contributed by atoms with Crippen molar-refractivity contribution in [3.05, 3.63) is 60.3 Å². The normalized spacial score (nSPS) is 10.3. The van der Waals surface area contributed by atoms with Crippen LogP contribution in [0.25, 0.3) is 11.3 Å². The highest BCUT2D eigenvalue weighted by molar-refractivity contribution is 6.04. The van der Waals surface area contributed by atoms with Gasteiger partial charge in [-0.1, -0.05) is 35.5 Å². The smallest absolute Gasteiger partial charge is 0.276 e. The van der Waals surface area contributed by atoms with Crippen LogP contribution in [-0.2, 0) is 0 Å². The first kappa shape index (κ1) is 13.0. The molecule has 0 aliphatic carbocycles. The number of carbonyl (C=O) groups is 1. The number of hydrogen-bond donors (Lipinski definition) is 1. The van der Waals surface area contributed by atoms with Crippen LogP contribution in [0, 0.1) is 6.92 Å². The van der Waals surface area contributed by atoms with Gasteiger partial charge in [-0.3, -0.25) is 9.78 Å². The first-order valence-corrected chi connectivity index (χ1v) is 6.35. The van der Waals surface area contributed by atoms with E-state index < -0.39 is 0 Å². The number of nitrogens with one attached hydrogen (secondary N) is 1. The number of aryl methyl sites for hydroxylation is 1. The third-order valence-electron chi connectivity index (χ3n) is 2.93. The molecule has 2 heterocycles. The molecular formula is C15H12N4O2. The van der Waals surface area contributed by atoms with Crippen molar-refractivity contribution in [2.75, 3.05) is 5.32 Å². The lowest BCUT2D eigenvalue weighted by Crippen LogP contribution is -2.14. The summed E-state index contributed by atoms with van der Waals surface area (Å²) in [5, 5.41) is 6.69. The summed E-state index contributed by atoms with van der Waals surface area (Å²) in [5.41, 5.74) is 2.22. The zero-order valence-corrected chi connectivity index (χ0v) is 11.3. The van der Waals surface area contributed by atoms with E-state index in [2.05, 4.69) is 20.4 Å². The fraction of sp³-hybridized carbons (Fsp3) is 0.0667. The fourth-order valence-corrected chi connectivity index (χ4v) is 1.90. The highest BCUT2D eigenvalue weighted by Crippen LogP contribution is 2.30. The van der Waals surface area contributed by atoms with Gasteiger partial charge in [0.15, 0.2) is 5.76 Å². The van der Waals surface area contributed by atoms with Crippen molar-refractivity contribution in [3.8, 4) is 11.3 Å². The van der Waals surface area contributed by atoms with Gasteiger partial charge in [0, 0.05) is 18.0 Å². The van der Waals surface area contributed by atoms with Crippen LogP contribution >= 0.6 is 0 Å². The van der Waals surface area contributed by atoms with Crippen LogP contribution in [0.3, 0.4) is 0 Å². The lowest BCUT2D eigenvalue weighted by atomic mass is 10.1. The minimum Gasteiger partial charge on any atom is -0.354 e. The van der Waals surface area contributed by atoms with Crippen molar-refractivity contribution in [2.24, 2.45) is 0 Å². The van der Waals surface area contributed by atoms with Gasteiger partial charge < -0.3 is 9.84 Å². The summed E-state index contributed by atoms with van der Waals surface area (Å²) in [7, 11) is 0. The van der Waals surface area contributed by atoms with Gasteiger partial charge in [-0.25, -0.2) is 4.98 Å². The third-order valence-corrected chi connectivity index (χ3v) is 2.93. The number of benzene rings is 1. The summed E-state index contributed by atoms with van der Waals surface area (Å²) < 4.78 is 5.32. The SMILES string of the molecule is Cc1noc(-c2ccccc2)c1NC(=O)c1cnccn1. The molecule has 0 atom stereocenters. The lowest BCUT2D eigenvalue weighted by Gasteiger charge is -2.05. The number of anilines is 1. The van der Waals surface area contributed by atoms with E-state index in [-0.39, 0.29) is 11.6 Å². The molecule has 0 fully saturated rings. The second-order valence-electron chi connectivity index (χ2n) is 4.38. The molecule has 0 bridgehead atoms. The highest BCUT2D eigenvalue weighted by Gasteiger charge is 2.18. The summed E-state index contributed by atoms with van der Waals surface area (Å²) in [6.07, 6.45) is 4.38. The number of aromatic nitrogens is 3. The van der Waals surface area contributed by atoms with E-state index >= 15 is 0 Å². The molecule has 3 rings (SSSR count). The Morgan fingerprint density at radius 2 is 2.00 bits per heavy atom. The van der Waals surface area contributed by atoms with Gasteiger partial charge in [0.1, 0.15) is 17.1 Å². The second kappa shape index (κ2) is 5.54. The van der Waals surface area contributed by atoms with Crippen LogP contribution in [0.4, 0.5) is 5.69 Å². The monoisotopic (exact) mass is 280 g/mol. The maximum Gasteiger partial charge on any atom is 0.276 e. The van der Waals surface area contributed by atoms with Gasteiger partial charge in [-0.2, -0.15) is 0 Å². The zero-order valence-electron chi connectivity index (χ0n) is 11.3. The van der Waals surface area contributed by atoms with Crippen molar-refractivity contribution < 1.29 is 9.32 Å². The van der Waals surface area contributed by atoms with Crippen LogP contribution in [0.1, 0.15) is 16.2 Å². The molecule has 1 N–H and O–H groups in total. The topological polar surface area (TPSA) is 80.9 Å². The van der Waals surface area contributed by atoms with E-state index in [1.807, 2.05) is 30.3 Å². The van der Waals surface area contributed by atoms with Crippen LogP contribution in [0.15, 0.2) is 53.4 Å². The average Bonchev–Trinajstić information content (AvgIpc) is 2.90. The summed E-state index contributed by atoms with van der Waals surface area (Å²) in [6.45, 7) is 1.77. The molecule has 1 amide bonds. The van der Waals surface area contributed by atoms with E-state index in [1.54, 1.807) is 6.92 Å². The Bertz CT molecular complexity index is 754. The molecule has 0 saturated carbocycles. The predicted octanol–water partition coefficient (Wildman–Crippen LogP) is 2.69. The van der Waals surface area contributed by atoms with E-state index in [9.17, 15) is 4.79 Å². The van der Waals surface area contributed by atoms with E-state index in [4.69, 9.17) is 4.52 Å². The van der Waals surface area contributed by atoms with E-state index in [0.717, 1.165) is 5.56 Å². The molecule has 1 aromatic carbocycles. The summed E-state index contributed by atoms with van der Waals surface area (Å²) in [6, 6.07) is 9.46. The number of hydrogen-bond acceptors (Lipinski definition) is 5. The minimum absolute atomic E-state index is 0.233. The van der Waals surface area contributed by atoms with Gasteiger partial charge in [0.25, 0.3) is 5.91 Å². The first-order valence-electron chi connectivity index (χ1n) is 6.35. The molecule has 0 saturated heterocycles. The predicted molar refractivity (Wildman–Crippen MR) is 76.7 cm³/mol. The van der Waals surface area contributed by atoms with Gasteiger partial charge in [0.2, 0.25) is 0 Å². The van der Waals surface area contributed by atoms with Gasteiger partial charge >= 0.3 is 0 Å². The molecule has 0 unspecified atom stereocenters. The Hall–Kier alpha value is -3.02. The van der Waals surface area contributed by atoms with Crippen molar-refractivity contribution in [1.29, 1.82) is 0 Å². The van der Waals surface area contributed by atoms with Crippen molar-refractivity contribution >= 4 is 11.6 Å². The molecule has 0 aliphatic heterocycles. The van der Waals surface area contributed by atoms with Gasteiger partial charge in [0.05, 0.1) is 6.20 Å². The van der Waals surface area contributed by atoms with Crippen molar-refractivity contribution in [3.63, 3.8) is 0 Å². The van der Waals surface area contributed by atoms with Crippen LogP contribution in [0.2, 0.25) is 0 Å². The fourth-order valence-electron chi connectivity index (χ4n) is 1.90. The molecule has 2 aromatic heterocycles. The number of amides is 1. The third kappa shape index (κ3) is 2.64. The Labute approximate surface area is 120 Å². The van der Waals surface area contributed by atoms with Crippen LogP contribution in [0.5, 0.6) is 0 Å². The zero-order chi connectivity index (χ0) is 14.7. The van der Waals surface area contributed by atoms with Crippen LogP contribution in [-0.4, -0.2) is 21.0 Å². The molecule has 0 aliphatic rings. The molecule has 21 heavy (non-hydrogen) atoms. The maximum atomic E-state index is 12.2. The lowest BCUT2D eigenvalue weighted by molar-refractivity contribution is 0.102. The first-order chi connectivity index (χ1) is 10.3. The number of carbonyl (C=O) groups excluding carboxylic acids is 1. The number of nitrogens with zero attached hydrogens (tertiary/aromatic N) is 3. The summed E-state index contributed by atoms with van der Waals surface area (Å²) in [5.74, 6) is 0.164. The molecule has 3 aromatic rings. The molecule has 0 spiro atoms. The standard InChI is InChI=1S/C15H12N4O2/c1-10-13(18-15(20)12-9-16-7-8-17-12)14(21-19-10)11-5-3-2-4-6-11/h2-9H,1H3,(H,18,20). The summed E-state index contributed by atoms with van der Waals surface area (Å²) >= 11 is 0. The summed E-state index contributed by atoms with van der Waals surface area (Å²) in [4.78, 5) is 20.0. The van der Waals surface area contributed by atoms with E-state index in [0.29, 0.717) is 17.1 Å². The Morgan fingerprint density at radius 1 is 1.19 bits per heavy atom. The van der Waals surface area contributed by atoms with Crippen LogP contribution < -0.4 is 5.32 Å². The van der Waals surface area contributed by atoms with E-state index in [1.165, 1.54) is 18.6 Å². The largest absolute Gasteiger partial charge is 0.354 e. The second-order valence-corrected chi connectivity index (χ2v) is 4.38.